The molecule has 0 aromatic heterocycles. The molecule has 1 aliphatic rings. The van der Waals surface area contributed by atoms with Crippen LogP contribution in [0.15, 0.2) is 0 Å². The van der Waals surface area contributed by atoms with Crippen LogP contribution in [0.5, 0.6) is 0 Å². The SMILES string of the molecule is CC(C)(C)OC(=O)CN1CCN[C@@H](CCNC(=O)OC(C)(C)C)C1=O.O=C(O)C(=O)O. The molecule has 1 saturated heterocycles. The zero-order valence-electron chi connectivity index (χ0n) is 18.8. The van der Waals surface area contributed by atoms with Crippen LogP contribution in [-0.4, -0.2) is 88.4 Å². The maximum Gasteiger partial charge on any atom is 0.414 e. The molecule has 0 aromatic carbocycles. The Hall–Kier alpha value is -2.89. The highest BCUT2D eigenvalue weighted by Gasteiger charge is 2.30. The van der Waals surface area contributed by atoms with E-state index in [1.807, 2.05) is 0 Å². The lowest BCUT2D eigenvalue weighted by atomic mass is 10.1. The Labute approximate surface area is 181 Å². The van der Waals surface area contributed by atoms with Gasteiger partial charge >= 0.3 is 24.0 Å². The quantitative estimate of drug-likeness (QED) is 0.337. The van der Waals surface area contributed by atoms with Crippen LogP contribution in [-0.2, 0) is 28.7 Å². The molecular weight excluding hydrogens is 414 g/mol. The molecular formula is C19H33N3O9. The van der Waals surface area contributed by atoms with Crippen LogP contribution in [0.2, 0.25) is 0 Å². The number of carbonyl (C=O) groups excluding carboxylic acids is 3. The topological polar surface area (TPSA) is 172 Å². The number of aliphatic carboxylic acids is 2. The molecule has 0 radical (unpaired) electrons. The van der Waals surface area contributed by atoms with Crippen molar-refractivity contribution in [3.63, 3.8) is 0 Å². The van der Waals surface area contributed by atoms with E-state index in [4.69, 9.17) is 29.3 Å². The van der Waals surface area contributed by atoms with E-state index in [-0.39, 0.29) is 12.5 Å². The Morgan fingerprint density at radius 1 is 1.03 bits per heavy atom. The van der Waals surface area contributed by atoms with Crippen LogP contribution in [0.4, 0.5) is 4.79 Å². The lowest BCUT2D eigenvalue weighted by Crippen LogP contribution is -2.57. The average molecular weight is 447 g/mol. The number of hydrogen-bond donors (Lipinski definition) is 4. The molecule has 1 aliphatic heterocycles. The largest absolute Gasteiger partial charge is 0.473 e. The highest BCUT2D eigenvalue weighted by molar-refractivity contribution is 6.27. The number of esters is 1. The first-order valence-electron chi connectivity index (χ1n) is 9.69. The Morgan fingerprint density at radius 3 is 2.00 bits per heavy atom. The van der Waals surface area contributed by atoms with Crippen molar-refractivity contribution in [3.8, 4) is 0 Å². The summed E-state index contributed by atoms with van der Waals surface area (Å²) in [5, 5.41) is 20.5. The van der Waals surface area contributed by atoms with Crippen LogP contribution in [0.3, 0.4) is 0 Å². The van der Waals surface area contributed by atoms with Crippen LogP contribution in [0.1, 0.15) is 48.0 Å². The summed E-state index contributed by atoms with van der Waals surface area (Å²) in [6.45, 7) is 12.0. The van der Waals surface area contributed by atoms with E-state index in [2.05, 4.69) is 10.6 Å². The zero-order chi connectivity index (χ0) is 24.4. The summed E-state index contributed by atoms with van der Waals surface area (Å²) < 4.78 is 10.4. The van der Waals surface area contributed by atoms with E-state index < -0.39 is 41.2 Å². The summed E-state index contributed by atoms with van der Waals surface area (Å²) >= 11 is 0. The Morgan fingerprint density at radius 2 is 1.55 bits per heavy atom. The van der Waals surface area contributed by atoms with Crippen molar-refractivity contribution in [1.82, 2.24) is 15.5 Å². The van der Waals surface area contributed by atoms with E-state index in [0.717, 1.165) is 0 Å². The molecule has 0 saturated carbocycles. The molecule has 0 unspecified atom stereocenters. The highest BCUT2D eigenvalue weighted by atomic mass is 16.6. The Balaban J connectivity index is 0.00000131. The van der Waals surface area contributed by atoms with Gasteiger partial charge in [0.25, 0.3) is 0 Å². The summed E-state index contributed by atoms with van der Waals surface area (Å²) in [6, 6.07) is -0.439. The average Bonchev–Trinajstić information content (AvgIpc) is 2.55. The van der Waals surface area contributed by atoms with Gasteiger partial charge in [-0.05, 0) is 48.0 Å². The number of carboxylic acid groups (broad SMARTS) is 2. The molecule has 0 aliphatic carbocycles. The first-order valence-corrected chi connectivity index (χ1v) is 9.69. The van der Waals surface area contributed by atoms with Crippen molar-refractivity contribution >= 4 is 29.9 Å². The molecule has 2 amide bonds. The number of carboxylic acids is 2. The van der Waals surface area contributed by atoms with Crippen molar-refractivity contribution in [1.29, 1.82) is 0 Å². The predicted molar refractivity (Wildman–Crippen MR) is 108 cm³/mol. The third kappa shape index (κ3) is 13.9. The third-order valence-corrected chi connectivity index (χ3v) is 3.41. The number of amides is 2. The Bertz CT molecular complexity index is 654. The highest BCUT2D eigenvalue weighted by Crippen LogP contribution is 2.10. The normalized spacial score (nSPS) is 16.5. The van der Waals surface area contributed by atoms with Gasteiger partial charge in [-0.3, -0.25) is 9.59 Å². The number of carbonyl (C=O) groups is 5. The number of alkyl carbamates (subject to hydrolysis) is 1. The fourth-order valence-electron chi connectivity index (χ4n) is 2.34. The zero-order valence-corrected chi connectivity index (χ0v) is 18.8. The van der Waals surface area contributed by atoms with Gasteiger partial charge in [0.15, 0.2) is 0 Å². The van der Waals surface area contributed by atoms with Gasteiger partial charge in [0.1, 0.15) is 17.7 Å². The van der Waals surface area contributed by atoms with Gasteiger partial charge in [0.2, 0.25) is 5.91 Å². The van der Waals surface area contributed by atoms with Gasteiger partial charge in [-0.1, -0.05) is 0 Å². The molecule has 1 rings (SSSR count). The molecule has 12 heteroatoms. The monoisotopic (exact) mass is 447 g/mol. The molecule has 1 atom stereocenters. The van der Waals surface area contributed by atoms with E-state index in [0.29, 0.717) is 26.1 Å². The van der Waals surface area contributed by atoms with Crippen molar-refractivity contribution in [2.45, 2.75) is 65.2 Å². The smallest absolute Gasteiger partial charge is 0.414 e. The fraction of sp³-hybridized carbons (Fsp3) is 0.737. The summed E-state index contributed by atoms with van der Waals surface area (Å²) in [7, 11) is 0. The van der Waals surface area contributed by atoms with Gasteiger partial charge in [-0.2, -0.15) is 0 Å². The molecule has 0 aromatic rings. The molecule has 178 valence electrons. The minimum absolute atomic E-state index is 0.0617. The summed E-state index contributed by atoms with van der Waals surface area (Å²) in [4.78, 5) is 55.7. The number of nitrogens with one attached hydrogen (secondary N) is 2. The molecule has 31 heavy (non-hydrogen) atoms. The second-order valence-electron chi connectivity index (χ2n) is 8.68. The number of rotatable bonds is 5. The maximum absolute atomic E-state index is 12.4. The molecule has 0 bridgehead atoms. The summed E-state index contributed by atoms with van der Waals surface area (Å²) in [5.74, 6) is -4.23. The molecule has 12 nitrogen and oxygen atoms in total. The van der Waals surface area contributed by atoms with E-state index in [9.17, 15) is 14.4 Å². The molecule has 1 fully saturated rings. The minimum Gasteiger partial charge on any atom is -0.473 e. The number of nitrogens with zero attached hydrogens (tertiary/aromatic N) is 1. The maximum atomic E-state index is 12.4. The van der Waals surface area contributed by atoms with Gasteiger partial charge in [0.05, 0.1) is 6.04 Å². The minimum atomic E-state index is -1.82. The van der Waals surface area contributed by atoms with Crippen LogP contribution in [0, 0.1) is 0 Å². The van der Waals surface area contributed by atoms with Crippen molar-refractivity contribution in [2.75, 3.05) is 26.2 Å². The number of piperazine rings is 1. The van der Waals surface area contributed by atoms with Gasteiger partial charge < -0.3 is 35.2 Å². The number of hydrogen-bond acceptors (Lipinski definition) is 8. The van der Waals surface area contributed by atoms with Crippen molar-refractivity contribution in [3.05, 3.63) is 0 Å². The van der Waals surface area contributed by atoms with Gasteiger partial charge in [-0.15, -0.1) is 0 Å². The van der Waals surface area contributed by atoms with Gasteiger partial charge in [-0.25, -0.2) is 14.4 Å². The van der Waals surface area contributed by atoms with E-state index in [1.54, 1.807) is 41.5 Å². The summed E-state index contributed by atoms with van der Waals surface area (Å²) in [5.41, 5.74) is -1.14. The fourth-order valence-corrected chi connectivity index (χ4v) is 2.34. The molecule has 4 N–H and O–H groups in total. The molecule has 0 spiro atoms. The second-order valence-corrected chi connectivity index (χ2v) is 8.68. The Kier molecular flexibility index (Phi) is 11.0. The van der Waals surface area contributed by atoms with E-state index in [1.165, 1.54) is 4.90 Å². The standard InChI is InChI=1S/C17H31N3O5.C2H2O4/c1-16(2,3)24-13(21)11-20-10-9-18-12(14(20)22)7-8-19-15(23)25-17(4,5)6;3-1(4)2(5)6/h12,18H,7-11H2,1-6H3,(H,19,23);(H,3,4)(H,5,6)/t12-;/m0./s1. The lowest BCUT2D eigenvalue weighted by Gasteiger charge is -2.33. The first kappa shape index (κ1) is 28.1. The van der Waals surface area contributed by atoms with E-state index >= 15 is 0 Å². The lowest BCUT2D eigenvalue weighted by molar-refractivity contribution is -0.159. The third-order valence-electron chi connectivity index (χ3n) is 3.41. The molecule has 1 heterocycles. The number of ether oxygens (including phenoxy) is 2. The first-order chi connectivity index (χ1) is 14.0. The van der Waals surface area contributed by atoms with Crippen LogP contribution >= 0.6 is 0 Å². The van der Waals surface area contributed by atoms with Crippen LogP contribution < -0.4 is 10.6 Å². The van der Waals surface area contributed by atoms with Crippen molar-refractivity contribution in [2.24, 2.45) is 0 Å². The summed E-state index contributed by atoms with van der Waals surface area (Å²) in [6.07, 6.45) is -0.0931. The second kappa shape index (κ2) is 12.1. The predicted octanol–water partition coefficient (Wildman–Crippen LogP) is 0.199. The van der Waals surface area contributed by atoms with Gasteiger partial charge in [0, 0.05) is 19.6 Å². The van der Waals surface area contributed by atoms with Crippen molar-refractivity contribution < 1.29 is 43.7 Å². The van der Waals surface area contributed by atoms with Crippen LogP contribution in [0.25, 0.3) is 0 Å².